The Kier molecular flexibility index (Phi) is 10.1. The van der Waals surface area contributed by atoms with Crippen LogP contribution in [0.2, 0.25) is 0 Å². The van der Waals surface area contributed by atoms with Crippen LogP contribution in [0.25, 0.3) is 0 Å². The molecule has 0 bridgehead atoms. The van der Waals surface area contributed by atoms with E-state index in [-0.39, 0.29) is 44.4 Å². The Hall–Kier alpha value is 0.184. The standard InChI is InChI=1S/C11H17O2.Y/c1-8(2)10(4)11(13)6-5-9(3)7-12;/h9H,5-6H2,1-4H3;/q-1;. The van der Waals surface area contributed by atoms with E-state index in [9.17, 15) is 9.59 Å². The van der Waals surface area contributed by atoms with Crippen LogP contribution in [0.15, 0.2) is 11.1 Å². The first-order valence-electron chi connectivity index (χ1n) is 4.54. The Labute approximate surface area is 111 Å². The van der Waals surface area contributed by atoms with Gasteiger partial charge in [-0.3, -0.25) is 11.1 Å². The molecule has 3 heteroatoms. The third kappa shape index (κ3) is 6.61. The molecule has 0 aromatic rings. The first-order chi connectivity index (χ1) is 5.99. The van der Waals surface area contributed by atoms with E-state index in [1.165, 1.54) is 0 Å². The second-order valence-electron chi connectivity index (χ2n) is 3.61. The zero-order chi connectivity index (χ0) is 10.4. The number of ketones is 1. The zero-order valence-electron chi connectivity index (χ0n) is 9.39. The van der Waals surface area contributed by atoms with Crippen molar-refractivity contribution in [2.75, 3.05) is 0 Å². The van der Waals surface area contributed by atoms with Crippen molar-refractivity contribution in [2.45, 2.75) is 40.5 Å². The summed E-state index contributed by atoms with van der Waals surface area (Å²) < 4.78 is 0. The molecule has 0 N–H and O–H groups in total. The molecule has 0 aromatic heterocycles. The van der Waals surface area contributed by atoms with Crippen LogP contribution in [0, 0.1) is 5.92 Å². The van der Waals surface area contributed by atoms with E-state index in [4.69, 9.17) is 0 Å². The van der Waals surface area contributed by atoms with Crippen LogP contribution in [-0.2, 0) is 42.3 Å². The molecule has 77 valence electrons. The molecule has 2 nitrogen and oxygen atoms in total. The van der Waals surface area contributed by atoms with Crippen molar-refractivity contribution in [2.24, 2.45) is 5.92 Å². The Bertz CT molecular complexity index is 227. The van der Waals surface area contributed by atoms with Gasteiger partial charge >= 0.3 is 0 Å². The van der Waals surface area contributed by atoms with E-state index in [1.807, 2.05) is 27.1 Å². The van der Waals surface area contributed by atoms with Gasteiger partial charge in [-0.2, -0.15) is 0 Å². The molecule has 0 aliphatic carbocycles. The molecule has 0 spiro atoms. The second kappa shape index (κ2) is 8.49. The average Bonchev–Trinajstić information content (AvgIpc) is 2.11. The first-order valence-corrected chi connectivity index (χ1v) is 4.54. The topological polar surface area (TPSA) is 34.1 Å². The van der Waals surface area contributed by atoms with Gasteiger partial charge in [0.15, 0.2) is 5.78 Å². The minimum absolute atomic E-state index is 0. The summed E-state index contributed by atoms with van der Waals surface area (Å²) >= 11 is 0. The van der Waals surface area contributed by atoms with Crippen LogP contribution >= 0.6 is 0 Å². The van der Waals surface area contributed by atoms with Crippen LogP contribution in [0.4, 0.5) is 0 Å². The fourth-order valence-corrected chi connectivity index (χ4v) is 0.873. The fraction of sp³-hybridized carbons (Fsp3) is 0.636. The summed E-state index contributed by atoms with van der Waals surface area (Å²) in [7, 11) is 0. The molecular weight excluding hydrogens is 253 g/mol. The zero-order valence-corrected chi connectivity index (χ0v) is 12.2. The third-order valence-corrected chi connectivity index (χ3v) is 2.17. The Morgan fingerprint density at radius 1 is 1.29 bits per heavy atom. The molecule has 0 aromatic carbocycles. The SMILES string of the molecule is CC(C)=C(C)C(=O)CCC(C)[C-]=O.[Y]. The summed E-state index contributed by atoms with van der Waals surface area (Å²) in [6.45, 7) is 7.44. The molecule has 0 amide bonds. The van der Waals surface area contributed by atoms with Gasteiger partial charge in [0.1, 0.15) is 0 Å². The molecule has 0 rings (SSSR count). The van der Waals surface area contributed by atoms with Crippen LogP contribution in [-0.4, -0.2) is 12.1 Å². The van der Waals surface area contributed by atoms with Crippen molar-refractivity contribution in [3.8, 4) is 0 Å². The van der Waals surface area contributed by atoms with Gasteiger partial charge in [-0.1, -0.05) is 18.9 Å². The maximum absolute atomic E-state index is 11.4. The van der Waals surface area contributed by atoms with Gasteiger partial charge in [0, 0.05) is 39.1 Å². The molecular formula is C11H17O2Y-. The van der Waals surface area contributed by atoms with E-state index in [0.29, 0.717) is 12.8 Å². The molecule has 0 aliphatic heterocycles. The van der Waals surface area contributed by atoms with Crippen molar-refractivity contribution in [1.82, 2.24) is 0 Å². The quantitative estimate of drug-likeness (QED) is 0.568. The van der Waals surface area contributed by atoms with Gasteiger partial charge in [0.25, 0.3) is 0 Å². The van der Waals surface area contributed by atoms with E-state index in [0.717, 1.165) is 11.1 Å². The minimum Gasteiger partial charge on any atom is -0.542 e. The summed E-state index contributed by atoms with van der Waals surface area (Å²) in [5.74, 6) is 0.0102. The molecule has 0 saturated carbocycles. The maximum atomic E-state index is 11.4. The van der Waals surface area contributed by atoms with E-state index in [2.05, 4.69) is 0 Å². The van der Waals surface area contributed by atoms with Crippen LogP contribution in [0.5, 0.6) is 0 Å². The average molecular weight is 270 g/mol. The molecule has 0 fully saturated rings. The van der Waals surface area contributed by atoms with Gasteiger partial charge in [0.05, 0.1) is 0 Å². The summed E-state index contributed by atoms with van der Waals surface area (Å²) in [6, 6.07) is 0. The molecule has 1 unspecified atom stereocenters. The van der Waals surface area contributed by atoms with Crippen molar-refractivity contribution < 1.29 is 42.3 Å². The number of rotatable bonds is 5. The number of hydrogen-bond acceptors (Lipinski definition) is 2. The molecule has 0 aliphatic rings. The number of carbonyl (C=O) groups is 1. The van der Waals surface area contributed by atoms with Crippen molar-refractivity contribution in [3.05, 3.63) is 11.1 Å². The monoisotopic (exact) mass is 270 g/mol. The Morgan fingerprint density at radius 3 is 2.14 bits per heavy atom. The molecule has 14 heavy (non-hydrogen) atoms. The summed E-state index contributed by atoms with van der Waals surface area (Å²) in [5, 5.41) is 0. The van der Waals surface area contributed by atoms with Gasteiger partial charge < -0.3 is 4.79 Å². The van der Waals surface area contributed by atoms with E-state index < -0.39 is 0 Å². The second-order valence-corrected chi connectivity index (χ2v) is 3.61. The third-order valence-electron chi connectivity index (χ3n) is 2.17. The van der Waals surface area contributed by atoms with Gasteiger partial charge in [-0.25, -0.2) is 0 Å². The predicted octanol–water partition coefficient (Wildman–Crippen LogP) is 2.44. The summed E-state index contributed by atoms with van der Waals surface area (Å²) in [6.07, 6.45) is 2.93. The maximum Gasteiger partial charge on any atom is 0.158 e. The molecule has 0 saturated heterocycles. The largest absolute Gasteiger partial charge is 0.542 e. The van der Waals surface area contributed by atoms with Gasteiger partial charge in [-0.15, -0.1) is 5.92 Å². The predicted molar refractivity (Wildman–Crippen MR) is 53.1 cm³/mol. The fourth-order valence-electron chi connectivity index (χ4n) is 0.873. The van der Waals surface area contributed by atoms with Crippen LogP contribution in [0.1, 0.15) is 40.5 Å². The van der Waals surface area contributed by atoms with Crippen molar-refractivity contribution >= 4 is 12.1 Å². The number of Topliss-reactive ketones (excluding diaryl/α,β-unsaturated/α-hetero) is 1. The Balaban J connectivity index is 0. The minimum atomic E-state index is -0.131. The van der Waals surface area contributed by atoms with E-state index in [1.54, 1.807) is 6.92 Å². The van der Waals surface area contributed by atoms with Crippen molar-refractivity contribution in [1.29, 1.82) is 0 Å². The smallest absolute Gasteiger partial charge is 0.158 e. The van der Waals surface area contributed by atoms with Crippen LogP contribution in [0.3, 0.4) is 0 Å². The summed E-state index contributed by atoms with van der Waals surface area (Å²) in [4.78, 5) is 21.6. The first kappa shape index (κ1) is 16.6. The Morgan fingerprint density at radius 2 is 1.79 bits per heavy atom. The van der Waals surface area contributed by atoms with Gasteiger partial charge in [-0.05, 0) is 26.3 Å². The van der Waals surface area contributed by atoms with Gasteiger partial charge in [0.2, 0.25) is 0 Å². The number of hydrogen-bond donors (Lipinski definition) is 0. The van der Waals surface area contributed by atoms with Crippen molar-refractivity contribution in [3.63, 3.8) is 0 Å². The van der Waals surface area contributed by atoms with Crippen LogP contribution < -0.4 is 0 Å². The summed E-state index contributed by atoms with van der Waals surface area (Å²) in [5.41, 5.74) is 1.87. The normalized spacial score (nSPS) is 11.1. The molecule has 1 atom stereocenters. The number of carbonyl (C=O) groups excluding carboxylic acids is 2. The number of allylic oxidation sites excluding steroid dienone is 2. The molecule has 0 heterocycles. The van der Waals surface area contributed by atoms with E-state index >= 15 is 0 Å². The molecule has 1 radical (unpaired) electrons.